The van der Waals surface area contributed by atoms with Gasteiger partial charge < -0.3 is 15.5 Å². The number of rotatable bonds is 5. The van der Waals surface area contributed by atoms with E-state index in [0.29, 0.717) is 5.69 Å². The number of aliphatic hydroxyl groups excluding tert-OH is 1. The van der Waals surface area contributed by atoms with Gasteiger partial charge >= 0.3 is 5.97 Å². The Morgan fingerprint density at radius 2 is 1.88 bits per heavy atom. The summed E-state index contributed by atoms with van der Waals surface area (Å²) >= 11 is 0. The molecule has 0 saturated carbocycles. The van der Waals surface area contributed by atoms with Crippen molar-refractivity contribution in [3.8, 4) is 0 Å². The van der Waals surface area contributed by atoms with Crippen LogP contribution in [0.5, 0.6) is 0 Å². The number of benzene rings is 1. The molecule has 0 unspecified atom stereocenters. The zero-order valence-electron chi connectivity index (χ0n) is 9.12. The van der Waals surface area contributed by atoms with Crippen LogP contribution in [0.3, 0.4) is 0 Å². The van der Waals surface area contributed by atoms with Crippen molar-refractivity contribution in [3.05, 3.63) is 24.3 Å². The van der Waals surface area contributed by atoms with E-state index in [1.807, 2.05) is 0 Å². The number of nitrogens with one attached hydrogen (secondary N) is 1. The third-order valence-electron chi connectivity index (χ3n) is 2.10. The molecule has 17 heavy (non-hydrogen) atoms. The third kappa shape index (κ3) is 3.72. The lowest BCUT2D eigenvalue weighted by molar-refractivity contribution is -0.138. The average Bonchev–Trinajstić information content (AvgIpc) is 2.25. The maximum Gasteiger partial charge on any atom is 0.328 e. The van der Waals surface area contributed by atoms with Gasteiger partial charge in [-0.2, -0.15) is 0 Å². The molecule has 1 atom stereocenters. The molecule has 0 aliphatic heterocycles. The molecule has 0 spiro atoms. The summed E-state index contributed by atoms with van der Waals surface area (Å²) in [4.78, 5) is 10.8. The Balaban J connectivity index is 2.85. The van der Waals surface area contributed by atoms with Crippen molar-refractivity contribution >= 4 is 21.5 Å². The minimum atomic E-state index is -3.26. The van der Waals surface area contributed by atoms with Gasteiger partial charge in [-0.3, -0.25) is 0 Å². The number of aliphatic hydroxyl groups is 1. The molecule has 7 heteroatoms. The summed E-state index contributed by atoms with van der Waals surface area (Å²) in [6.45, 7) is -0.552. The van der Waals surface area contributed by atoms with Crippen molar-refractivity contribution in [1.29, 1.82) is 0 Å². The van der Waals surface area contributed by atoms with Gasteiger partial charge in [0, 0.05) is 11.9 Å². The van der Waals surface area contributed by atoms with E-state index in [4.69, 9.17) is 10.2 Å². The van der Waals surface area contributed by atoms with Crippen molar-refractivity contribution in [2.75, 3.05) is 18.2 Å². The molecule has 6 nitrogen and oxygen atoms in total. The molecule has 0 aliphatic carbocycles. The Hall–Kier alpha value is -1.60. The van der Waals surface area contributed by atoms with E-state index in [-0.39, 0.29) is 4.90 Å². The van der Waals surface area contributed by atoms with Gasteiger partial charge in [-0.25, -0.2) is 13.2 Å². The molecular weight excluding hydrogens is 246 g/mol. The van der Waals surface area contributed by atoms with Gasteiger partial charge in [-0.1, -0.05) is 0 Å². The molecule has 1 aromatic carbocycles. The highest BCUT2D eigenvalue weighted by atomic mass is 32.2. The van der Waals surface area contributed by atoms with E-state index >= 15 is 0 Å². The summed E-state index contributed by atoms with van der Waals surface area (Å²) in [5, 5.41) is 20.1. The van der Waals surface area contributed by atoms with Gasteiger partial charge in [-0.05, 0) is 24.3 Å². The van der Waals surface area contributed by atoms with Crippen molar-refractivity contribution in [2.24, 2.45) is 0 Å². The smallest absolute Gasteiger partial charge is 0.328 e. The van der Waals surface area contributed by atoms with E-state index in [0.717, 1.165) is 6.26 Å². The first kappa shape index (κ1) is 13.5. The molecule has 94 valence electrons. The van der Waals surface area contributed by atoms with Crippen LogP contribution >= 0.6 is 0 Å². The molecule has 0 fully saturated rings. The Kier molecular flexibility index (Phi) is 4.08. The predicted molar refractivity (Wildman–Crippen MR) is 61.7 cm³/mol. The van der Waals surface area contributed by atoms with Crippen LogP contribution in [0.1, 0.15) is 0 Å². The van der Waals surface area contributed by atoms with Crippen LogP contribution < -0.4 is 5.32 Å². The Morgan fingerprint density at radius 1 is 1.35 bits per heavy atom. The molecule has 0 heterocycles. The maximum atomic E-state index is 11.2. The van der Waals surface area contributed by atoms with E-state index in [1.165, 1.54) is 24.3 Å². The van der Waals surface area contributed by atoms with E-state index in [1.54, 1.807) is 0 Å². The molecule has 0 bridgehead atoms. The number of carboxylic acid groups (broad SMARTS) is 1. The largest absolute Gasteiger partial charge is 0.480 e. The molecule has 0 saturated heterocycles. The Bertz CT molecular complexity index is 494. The highest BCUT2D eigenvalue weighted by molar-refractivity contribution is 7.90. The highest BCUT2D eigenvalue weighted by Crippen LogP contribution is 2.14. The van der Waals surface area contributed by atoms with Gasteiger partial charge in [0.1, 0.15) is 6.04 Å². The summed E-state index contributed by atoms with van der Waals surface area (Å²) in [6.07, 6.45) is 1.09. The topological polar surface area (TPSA) is 104 Å². The third-order valence-corrected chi connectivity index (χ3v) is 3.23. The van der Waals surface area contributed by atoms with Crippen molar-refractivity contribution in [3.63, 3.8) is 0 Å². The summed E-state index contributed by atoms with van der Waals surface area (Å²) in [7, 11) is -3.26. The van der Waals surface area contributed by atoms with E-state index in [9.17, 15) is 13.2 Å². The van der Waals surface area contributed by atoms with Gasteiger partial charge in [0.15, 0.2) is 9.84 Å². The second-order valence-corrected chi connectivity index (χ2v) is 5.53. The maximum absolute atomic E-state index is 11.2. The minimum absolute atomic E-state index is 0.152. The number of hydrogen-bond donors (Lipinski definition) is 3. The van der Waals surface area contributed by atoms with E-state index in [2.05, 4.69) is 5.32 Å². The molecule has 1 rings (SSSR count). The lowest BCUT2D eigenvalue weighted by Crippen LogP contribution is -2.32. The zero-order chi connectivity index (χ0) is 13.1. The van der Waals surface area contributed by atoms with Crippen LogP contribution in [0.2, 0.25) is 0 Å². The number of carbonyl (C=O) groups is 1. The number of sulfone groups is 1. The molecule has 1 aromatic rings. The summed E-state index contributed by atoms with van der Waals surface area (Å²) in [5.74, 6) is -1.18. The summed E-state index contributed by atoms with van der Waals surface area (Å²) < 4.78 is 22.4. The van der Waals surface area contributed by atoms with Crippen LogP contribution in [-0.2, 0) is 14.6 Å². The van der Waals surface area contributed by atoms with Gasteiger partial charge in [-0.15, -0.1) is 0 Å². The number of aliphatic carboxylic acids is 1. The highest BCUT2D eigenvalue weighted by Gasteiger charge is 2.15. The molecule has 0 amide bonds. The fraction of sp³-hybridized carbons (Fsp3) is 0.300. The minimum Gasteiger partial charge on any atom is -0.480 e. The first-order chi connectivity index (χ1) is 7.84. The first-order valence-electron chi connectivity index (χ1n) is 4.75. The van der Waals surface area contributed by atoms with Gasteiger partial charge in [0.25, 0.3) is 0 Å². The van der Waals surface area contributed by atoms with Crippen LogP contribution in [-0.4, -0.2) is 43.5 Å². The SMILES string of the molecule is CS(=O)(=O)c1ccc(N[C@@H](CO)C(=O)O)cc1. The van der Waals surface area contributed by atoms with E-state index < -0.39 is 28.5 Å². The fourth-order valence-corrected chi connectivity index (χ4v) is 1.82. The lowest BCUT2D eigenvalue weighted by Gasteiger charge is -2.13. The van der Waals surface area contributed by atoms with Crippen LogP contribution in [0, 0.1) is 0 Å². The summed E-state index contributed by atoms with van der Waals surface area (Å²) in [5.41, 5.74) is 0.429. The van der Waals surface area contributed by atoms with Crippen molar-refractivity contribution in [2.45, 2.75) is 10.9 Å². The van der Waals surface area contributed by atoms with Crippen molar-refractivity contribution in [1.82, 2.24) is 0 Å². The van der Waals surface area contributed by atoms with Gasteiger partial charge in [0.2, 0.25) is 0 Å². The molecular formula is C10H13NO5S. The predicted octanol–water partition coefficient (Wildman–Crippen LogP) is -0.0525. The monoisotopic (exact) mass is 259 g/mol. The number of hydrogen-bond acceptors (Lipinski definition) is 5. The standard InChI is InChI=1S/C10H13NO5S/c1-17(15,16)8-4-2-7(3-5-8)11-9(6-12)10(13)14/h2-5,9,11-12H,6H2,1H3,(H,13,14)/t9-/m0/s1. The second kappa shape index (κ2) is 5.15. The van der Waals surface area contributed by atoms with Crippen LogP contribution in [0.4, 0.5) is 5.69 Å². The number of carboxylic acids is 1. The average molecular weight is 259 g/mol. The zero-order valence-corrected chi connectivity index (χ0v) is 9.94. The second-order valence-electron chi connectivity index (χ2n) is 3.51. The fourth-order valence-electron chi connectivity index (χ4n) is 1.19. The van der Waals surface area contributed by atoms with Crippen LogP contribution in [0.15, 0.2) is 29.2 Å². The quantitative estimate of drug-likeness (QED) is 0.685. The normalized spacial score (nSPS) is 13.1. The van der Waals surface area contributed by atoms with Crippen LogP contribution in [0.25, 0.3) is 0 Å². The molecule has 0 radical (unpaired) electrons. The number of anilines is 1. The van der Waals surface area contributed by atoms with Gasteiger partial charge in [0.05, 0.1) is 11.5 Å². The Labute approximate surface area is 98.8 Å². The summed E-state index contributed by atoms with van der Waals surface area (Å²) in [6, 6.07) is 4.52. The molecule has 3 N–H and O–H groups in total. The first-order valence-corrected chi connectivity index (χ1v) is 6.64. The molecule has 0 aromatic heterocycles. The molecule has 0 aliphatic rings. The Morgan fingerprint density at radius 3 is 2.24 bits per heavy atom. The lowest BCUT2D eigenvalue weighted by atomic mass is 10.2. The van der Waals surface area contributed by atoms with Crippen molar-refractivity contribution < 1.29 is 23.4 Å².